The normalized spacial score (nSPS) is 10.6. The van der Waals surface area contributed by atoms with Crippen LogP contribution in [-0.2, 0) is 14.3 Å². The van der Waals surface area contributed by atoms with E-state index in [0.717, 1.165) is 4.47 Å². The molecule has 1 aromatic heterocycles. The molecule has 0 aliphatic carbocycles. The van der Waals surface area contributed by atoms with Gasteiger partial charge in [-0.15, -0.1) is 0 Å². The Morgan fingerprint density at radius 2 is 2.17 bits per heavy atom. The standard InChI is InChI=1S/C16H15BrN2O5/c1-10-7-14(19-24-10)18-15(20)9-23-16(21)6-3-11-8-12(17)4-5-13(11)22-2/h3-8H,9H2,1-2H3,(H,18,19,20)/b6-3+. The van der Waals surface area contributed by atoms with Crippen molar-refractivity contribution >= 4 is 39.7 Å². The molecule has 0 bridgehead atoms. The van der Waals surface area contributed by atoms with Crippen molar-refractivity contribution in [2.75, 3.05) is 19.0 Å². The second-order valence-electron chi connectivity index (χ2n) is 4.70. The fourth-order valence-corrected chi connectivity index (χ4v) is 2.16. The number of benzene rings is 1. The molecule has 0 fully saturated rings. The molecular formula is C16H15BrN2O5. The van der Waals surface area contributed by atoms with E-state index < -0.39 is 18.5 Å². The van der Waals surface area contributed by atoms with E-state index in [4.69, 9.17) is 14.0 Å². The topological polar surface area (TPSA) is 90.7 Å². The number of hydrogen-bond acceptors (Lipinski definition) is 6. The van der Waals surface area contributed by atoms with E-state index in [1.807, 2.05) is 6.07 Å². The quantitative estimate of drug-likeness (QED) is 0.598. The highest BCUT2D eigenvalue weighted by Gasteiger charge is 2.08. The largest absolute Gasteiger partial charge is 0.496 e. The molecule has 0 aliphatic heterocycles. The molecule has 0 saturated heterocycles. The van der Waals surface area contributed by atoms with Gasteiger partial charge in [-0.25, -0.2) is 4.79 Å². The number of hydrogen-bond donors (Lipinski definition) is 1. The lowest BCUT2D eigenvalue weighted by atomic mass is 10.2. The molecule has 1 heterocycles. The first kappa shape index (κ1) is 17.7. The van der Waals surface area contributed by atoms with Crippen molar-refractivity contribution in [1.82, 2.24) is 5.16 Å². The summed E-state index contributed by atoms with van der Waals surface area (Å²) in [4.78, 5) is 23.3. The predicted molar refractivity (Wildman–Crippen MR) is 90.6 cm³/mol. The molecule has 7 nitrogen and oxygen atoms in total. The highest BCUT2D eigenvalue weighted by molar-refractivity contribution is 9.10. The van der Waals surface area contributed by atoms with Gasteiger partial charge in [-0.1, -0.05) is 21.1 Å². The maximum absolute atomic E-state index is 11.7. The summed E-state index contributed by atoms with van der Waals surface area (Å²) in [6.07, 6.45) is 2.77. The smallest absolute Gasteiger partial charge is 0.331 e. The lowest BCUT2D eigenvalue weighted by Gasteiger charge is -2.05. The number of carbonyl (C=O) groups is 2. The SMILES string of the molecule is COc1ccc(Br)cc1/C=C/C(=O)OCC(=O)Nc1cc(C)on1. The maximum atomic E-state index is 11.7. The molecule has 24 heavy (non-hydrogen) atoms. The van der Waals surface area contributed by atoms with E-state index in [9.17, 15) is 9.59 Å². The van der Waals surface area contributed by atoms with E-state index in [1.54, 1.807) is 31.2 Å². The van der Waals surface area contributed by atoms with Gasteiger partial charge in [0.25, 0.3) is 5.91 Å². The van der Waals surface area contributed by atoms with Crippen molar-refractivity contribution in [3.63, 3.8) is 0 Å². The number of halogens is 1. The van der Waals surface area contributed by atoms with Gasteiger partial charge in [0.2, 0.25) is 0 Å². The van der Waals surface area contributed by atoms with Crippen molar-refractivity contribution in [2.24, 2.45) is 0 Å². The number of methoxy groups -OCH3 is 1. The van der Waals surface area contributed by atoms with Crippen molar-refractivity contribution < 1.29 is 23.6 Å². The minimum absolute atomic E-state index is 0.267. The van der Waals surface area contributed by atoms with Gasteiger partial charge in [-0.3, -0.25) is 4.79 Å². The molecule has 1 N–H and O–H groups in total. The number of aromatic nitrogens is 1. The Morgan fingerprint density at radius 1 is 1.38 bits per heavy atom. The second-order valence-corrected chi connectivity index (χ2v) is 5.61. The molecule has 0 radical (unpaired) electrons. The first-order chi connectivity index (χ1) is 11.5. The molecule has 1 aromatic carbocycles. The van der Waals surface area contributed by atoms with Crippen LogP contribution >= 0.6 is 15.9 Å². The van der Waals surface area contributed by atoms with Crippen LogP contribution in [0.4, 0.5) is 5.82 Å². The Labute approximate surface area is 146 Å². The van der Waals surface area contributed by atoms with Crippen molar-refractivity contribution in [2.45, 2.75) is 6.92 Å². The number of amides is 1. The minimum atomic E-state index is -0.650. The summed E-state index contributed by atoms with van der Waals surface area (Å²) in [5.41, 5.74) is 0.700. The number of nitrogens with zero attached hydrogens (tertiary/aromatic N) is 1. The van der Waals surface area contributed by atoms with E-state index >= 15 is 0 Å². The Bertz CT molecular complexity index is 770. The average molecular weight is 395 g/mol. The monoisotopic (exact) mass is 394 g/mol. The first-order valence-electron chi connectivity index (χ1n) is 6.89. The summed E-state index contributed by atoms with van der Waals surface area (Å²) >= 11 is 3.34. The molecular weight excluding hydrogens is 380 g/mol. The molecule has 0 aliphatic rings. The van der Waals surface area contributed by atoms with Gasteiger partial charge in [-0.2, -0.15) is 0 Å². The molecule has 8 heteroatoms. The zero-order valence-electron chi connectivity index (χ0n) is 13.0. The summed E-state index contributed by atoms with van der Waals surface area (Å²) in [6.45, 7) is 1.27. The molecule has 0 atom stereocenters. The highest BCUT2D eigenvalue weighted by atomic mass is 79.9. The summed E-state index contributed by atoms with van der Waals surface area (Å²) in [7, 11) is 1.54. The first-order valence-corrected chi connectivity index (χ1v) is 7.69. The number of aryl methyl sites for hydroxylation is 1. The van der Waals surface area contributed by atoms with Gasteiger partial charge in [0.05, 0.1) is 7.11 Å². The van der Waals surface area contributed by atoms with Gasteiger partial charge in [0, 0.05) is 22.2 Å². The van der Waals surface area contributed by atoms with Crippen molar-refractivity contribution in [3.05, 3.63) is 46.1 Å². The number of rotatable bonds is 6. The highest BCUT2D eigenvalue weighted by Crippen LogP contribution is 2.24. The van der Waals surface area contributed by atoms with Crippen LogP contribution < -0.4 is 10.1 Å². The molecule has 0 unspecified atom stereocenters. The van der Waals surface area contributed by atoms with E-state index in [0.29, 0.717) is 17.1 Å². The van der Waals surface area contributed by atoms with E-state index in [-0.39, 0.29) is 5.82 Å². The van der Waals surface area contributed by atoms with Gasteiger partial charge in [-0.05, 0) is 31.2 Å². The van der Waals surface area contributed by atoms with Gasteiger partial charge < -0.3 is 19.3 Å². The zero-order valence-corrected chi connectivity index (χ0v) is 14.6. The molecule has 0 spiro atoms. The Hall–Kier alpha value is -2.61. The van der Waals surface area contributed by atoms with Crippen LogP contribution in [0.25, 0.3) is 6.08 Å². The van der Waals surface area contributed by atoms with Gasteiger partial charge in [0.1, 0.15) is 11.5 Å². The number of esters is 1. The lowest BCUT2D eigenvalue weighted by molar-refractivity contribution is -0.142. The van der Waals surface area contributed by atoms with Crippen molar-refractivity contribution in [3.8, 4) is 5.75 Å². The van der Waals surface area contributed by atoms with E-state index in [2.05, 4.69) is 26.4 Å². The molecule has 0 saturated carbocycles. The van der Waals surface area contributed by atoms with Gasteiger partial charge >= 0.3 is 5.97 Å². The van der Waals surface area contributed by atoms with Crippen LogP contribution in [0.5, 0.6) is 5.75 Å². The molecule has 2 rings (SSSR count). The van der Waals surface area contributed by atoms with E-state index in [1.165, 1.54) is 13.2 Å². The minimum Gasteiger partial charge on any atom is -0.496 e. The van der Waals surface area contributed by atoms with Crippen LogP contribution in [0.3, 0.4) is 0 Å². The Balaban J connectivity index is 1.86. The van der Waals surface area contributed by atoms with Crippen LogP contribution in [0.1, 0.15) is 11.3 Å². The molecule has 126 valence electrons. The second kappa shape index (κ2) is 8.30. The summed E-state index contributed by atoms with van der Waals surface area (Å²) < 4.78 is 15.7. The van der Waals surface area contributed by atoms with Crippen LogP contribution in [0, 0.1) is 6.92 Å². The average Bonchev–Trinajstić information content (AvgIpc) is 2.96. The lowest BCUT2D eigenvalue weighted by Crippen LogP contribution is -2.20. The van der Waals surface area contributed by atoms with Crippen LogP contribution in [-0.4, -0.2) is 30.7 Å². The molecule has 2 aromatic rings. The third-order valence-electron chi connectivity index (χ3n) is 2.83. The Morgan fingerprint density at radius 3 is 2.83 bits per heavy atom. The summed E-state index contributed by atoms with van der Waals surface area (Å²) in [5.74, 6) is 0.283. The molecule has 1 amide bonds. The van der Waals surface area contributed by atoms with Crippen molar-refractivity contribution in [1.29, 1.82) is 0 Å². The number of nitrogens with one attached hydrogen (secondary N) is 1. The fourth-order valence-electron chi connectivity index (χ4n) is 1.78. The predicted octanol–water partition coefficient (Wildman–Crippen LogP) is 2.95. The Kier molecular flexibility index (Phi) is 6.14. The fraction of sp³-hybridized carbons (Fsp3) is 0.188. The van der Waals surface area contributed by atoms with Gasteiger partial charge in [0.15, 0.2) is 12.4 Å². The third kappa shape index (κ3) is 5.24. The zero-order chi connectivity index (χ0) is 17.5. The maximum Gasteiger partial charge on any atom is 0.331 e. The van der Waals surface area contributed by atoms with Crippen LogP contribution in [0.2, 0.25) is 0 Å². The third-order valence-corrected chi connectivity index (χ3v) is 3.32. The number of ether oxygens (including phenoxy) is 2. The number of carbonyl (C=O) groups excluding carboxylic acids is 2. The van der Waals surface area contributed by atoms with Crippen LogP contribution in [0.15, 0.2) is 39.3 Å². The summed E-state index contributed by atoms with van der Waals surface area (Å²) in [5, 5.41) is 6.05. The summed E-state index contributed by atoms with van der Waals surface area (Å²) in [6, 6.07) is 6.94. The number of anilines is 1.